The fourth-order valence-corrected chi connectivity index (χ4v) is 3.07. The van der Waals surface area contributed by atoms with Crippen LogP contribution in [0.2, 0.25) is 0 Å². The number of carbonyl (C=O) groups is 1. The first-order valence-electron chi connectivity index (χ1n) is 7.71. The summed E-state index contributed by atoms with van der Waals surface area (Å²) in [5.74, 6) is 1.74. The van der Waals surface area contributed by atoms with E-state index in [2.05, 4.69) is 23.9 Å². The Morgan fingerprint density at radius 3 is 2.80 bits per heavy atom. The predicted octanol–water partition coefficient (Wildman–Crippen LogP) is 1.95. The highest BCUT2D eigenvalue weighted by atomic mass is 16.1. The number of nitrogens with two attached hydrogens (primary N) is 1. The highest BCUT2D eigenvalue weighted by Crippen LogP contribution is 2.39. The van der Waals surface area contributed by atoms with Gasteiger partial charge in [0.25, 0.3) is 0 Å². The van der Waals surface area contributed by atoms with Gasteiger partial charge in [0.05, 0.1) is 6.42 Å². The summed E-state index contributed by atoms with van der Waals surface area (Å²) in [6.07, 6.45) is 6.94. The molecule has 0 saturated heterocycles. The van der Waals surface area contributed by atoms with E-state index in [1.165, 1.54) is 6.33 Å². The van der Waals surface area contributed by atoms with Crippen molar-refractivity contribution in [2.24, 2.45) is 17.1 Å². The van der Waals surface area contributed by atoms with Crippen LogP contribution in [-0.4, -0.2) is 27.1 Å². The van der Waals surface area contributed by atoms with E-state index in [1.54, 1.807) is 0 Å². The van der Waals surface area contributed by atoms with E-state index < -0.39 is 0 Å². The number of aryl methyl sites for hydroxylation is 1. The molecule has 1 fully saturated rings. The molecule has 5 heteroatoms. The van der Waals surface area contributed by atoms with Crippen LogP contribution in [0.4, 0.5) is 0 Å². The second-order valence-electron chi connectivity index (χ2n) is 6.17. The minimum Gasteiger partial charge on any atom is -0.329 e. The van der Waals surface area contributed by atoms with Crippen LogP contribution in [0, 0.1) is 11.3 Å². The zero-order valence-electron chi connectivity index (χ0n) is 12.6. The molecule has 1 aliphatic rings. The van der Waals surface area contributed by atoms with E-state index in [0.29, 0.717) is 18.9 Å². The summed E-state index contributed by atoms with van der Waals surface area (Å²) in [6, 6.07) is 0. The third-order valence-corrected chi connectivity index (χ3v) is 4.66. The number of rotatable bonds is 6. The van der Waals surface area contributed by atoms with E-state index in [4.69, 9.17) is 5.73 Å². The minimum absolute atomic E-state index is 0.247. The molecule has 2 N–H and O–H groups in total. The summed E-state index contributed by atoms with van der Waals surface area (Å²) in [6.45, 7) is 5.62. The van der Waals surface area contributed by atoms with Gasteiger partial charge >= 0.3 is 0 Å². The number of nitrogens with zero attached hydrogens (tertiary/aromatic N) is 3. The molecule has 112 valence electrons. The number of carbonyl (C=O) groups excluding carboxylic acids is 1. The first-order chi connectivity index (χ1) is 9.61. The van der Waals surface area contributed by atoms with Crippen LogP contribution in [0.1, 0.15) is 51.8 Å². The lowest BCUT2D eigenvalue weighted by molar-refractivity contribution is -0.130. The maximum absolute atomic E-state index is 12.7. The zero-order chi connectivity index (χ0) is 14.6. The van der Waals surface area contributed by atoms with Crippen LogP contribution in [0.15, 0.2) is 6.33 Å². The summed E-state index contributed by atoms with van der Waals surface area (Å²) < 4.78 is 1.84. The molecule has 1 saturated carbocycles. The Balaban J connectivity index is 2.07. The van der Waals surface area contributed by atoms with Crippen LogP contribution in [0.25, 0.3) is 0 Å². The monoisotopic (exact) mass is 278 g/mol. The van der Waals surface area contributed by atoms with Gasteiger partial charge in [-0.25, -0.2) is 9.67 Å². The van der Waals surface area contributed by atoms with Crippen molar-refractivity contribution in [1.82, 2.24) is 14.8 Å². The van der Waals surface area contributed by atoms with Crippen molar-refractivity contribution in [3.8, 4) is 0 Å². The number of aromatic nitrogens is 3. The van der Waals surface area contributed by atoms with Crippen molar-refractivity contribution >= 4 is 5.78 Å². The van der Waals surface area contributed by atoms with Gasteiger partial charge in [-0.05, 0) is 38.0 Å². The van der Waals surface area contributed by atoms with Crippen molar-refractivity contribution in [1.29, 1.82) is 0 Å². The van der Waals surface area contributed by atoms with Gasteiger partial charge in [0, 0.05) is 18.5 Å². The lowest BCUT2D eigenvalue weighted by Gasteiger charge is -2.37. The molecule has 1 heterocycles. The topological polar surface area (TPSA) is 73.8 Å². The van der Waals surface area contributed by atoms with Crippen molar-refractivity contribution < 1.29 is 4.79 Å². The second-order valence-corrected chi connectivity index (χ2v) is 6.17. The average Bonchev–Trinajstić information content (AvgIpc) is 2.88. The maximum atomic E-state index is 12.7. The van der Waals surface area contributed by atoms with Crippen molar-refractivity contribution in [2.75, 3.05) is 6.54 Å². The average molecular weight is 278 g/mol. The fraction of sp³-hybridized carbons (Fsp3) is 0.800. The van der Waals surface area contributed by atoms with Crippen molar-refractivity contribution in [3.05, 3.63) is 12.2 Å². The first kappa shape index (κ1) is 15.2. The molecule has 0 spiro atoms. The lowest BCUT2D eigenvalue weighted by Crippen LogP contribution is -2.42. The molecule has 0 aromatic carbocycles. The molecule has 2 rings (SSSR count). The van der Waals surface area contributed by atoms with Gasteiger partial charge < -0.3 is 5.73 Å². The highest BCUT2D eigenvalue weighted by Gasteiger charge is 2.39. The van der Waals surface area contributed by atoms with E-state index in [9.17, 15) is 4.79 Å². The second kappa shape index (κ2) is 6.48. The standard InChI is InChI=1S/C15H26N4O/c1-3-8-19-14(17-11-18-19)9-13(20)15(10-16)6-4-12(2)5-7-15/h11-12H,3-10,16H2,1-2H3. The van der Waals surface area contributed by atoms with Gasteiger partial charge in [0.2, 0.25) is 0 Å². The van der Waals surface area contributed by atoms with Gasteiger partial charge in [0.1, 0.15) is 17.9 Å². The van der Waals surface area contributed by atoms with Crippen molar-refractivity contribution in [2.45, 2.75) is 58.9 Å². The molecular weight excluding hydrogens is 252 g/mol. The Hall–Kier alpha value is -1.23. The summed E-state index contributed by atoms with van der Waals surface area (Å²) in [5, 5.41) is 4.19. The van der Waals surface area contributed by atoms with Gasteiger partial charge in [-0.2, -0.15) is 5.10 Å². The van der Waals surface area contributed by atoms with Crippen LogP contribution < -0.4 is 5.73 Å². The summed E-state index contributed by atoms with van der Waals surface area (Å²) in [5.41, 5.74) is 5.62. The summed E-state index contributed by atoms with van der Waals surface area (Å²) in [7, 11) is 0. The Morgan fingerprint density at radius 1 is 1.50 bits per heavy atom. The molecule has 1 aromatic rings. The highest BCUT2D eigenvalue weighted by molar-refractivity contribution is 5.86. The fourth-order valence-electron chi connectivity index (χ4n) is 3.07. The third kappa shape index (κ3) is 3.08. The Bertz CT molecular complexity index is 446. The molecule has 0 radical (unpaired) electrons. The Kier molecular flexibility index (Phi) is 4.91. The van der Waals surface area contributed by atoms with Gasteiger partial charge in [-0.1, -0.05) is 13.8 Å². The Morgan fingerprint density at radius 2 is 2.20 bits per heavy atom. The molecule has 1 aromatic heterocycles. The molecule has 0 atom stereocenters. The van der Waals surface area contributed by atoms with E-state index in [1.807, 2.05) is 4.68 Å². The summed E-state index contributed by atoms with van der Waals surface area (Å²) in [4.78, 5) is 17.0. The van der Waals surface area contributed by atoms with Crippen LogP contribution in [-0.2, 0) is 17.8 Å². The zero-order valence-corrected chi connectivity index (χ0v) is 12.6. The van der Waals surface area contributed by atoms with E-state index >= 15 is 0 Å². The SMILES string of the molecule is CCCn1ncnc1CC(=O)C1(CN)CCC(C)CC1. The van der Waals surface area contributed by atoms with Gasteiger partial charge in [0.15, 0.2) is 0 Å². The largest absolute Gasteiger partial charge is 0.329 e. The normalized spacial score (nSPS) is 26.6. The van der Waals surface area contributed by atoms with Gasteiger partial charge in [-0.3, -0.25) is 4.79 Å². The van der Waals surface area contributed by atoms with Crippen LogP contribution >= 0.6 is 0 Å². The minimum atomic E-state index is -0.324. The molecule has 1 aliphatic carbocycles. The molecule has 0 bridgehead atoms. The molecule has 5 nitrogen and oxygen atoms in total. The molecule has 0 amide bonds. The van der Waals surface area contributed by atoms with Crippen LogP contribution in [0.3, 0.4) is 0 Å². The van der Waals surface area contributed by atoms with E-state index in [0.717, 1.165) is 44.5 Å². The summed E-state index contributed by atoms with van der Waals surface area (Å²) >= 11 is 0. The quantitative estimate of drug-likeness (QED) is 0.863. The number of hydrogen-bond donors (Lipinski definition) is 1. The number of hydrogen-bond acceptors (Lipinski definition) is 4. The van der Waals surface area contributed by atoms with Crippen LogP contribution in [0.5, 0.6) is 0 Å². The first-order valence-corrected chi connectivity index (χ1v) is 7.71. The number of Topliss-reactive ketones (excluding diaryl/α,β-unsaturated/α-hetero) is 1. The van der Waals surface area contributed by atoms with Crippen molar-refractivity contribution in [3.63, 3.8) is 0 Å². The third-order valence-electron chi connectivity index (χ3n) is 4.66. The molecule has 0 aliphatic heterocycles. The van der Waals surface area contributed by atoms with E-state index in [-0.39, 0.29) is 11.2 Å². The van der Waals surface area contributed by atoms with Gasteiger partial charge in [-0.15, -0.1) is 0 Å². The Labute approximate surface area is 120 Å². The maximum Gasteiger partial charge on any atom is 0.147 e. The molecular formula is C15H26N4O. The molecule has 0 unspecified atom stereocenters. The lowest BCUT2D eigenvalue weighted by atomic mass is 9.67. The predicted molar refractivity (Wildman–Crippen MR) is 78.1 cm³/mol. The number of ketones is 1. The smallest absolute Gasteiger partial charge is 0.147 e. The molecule has 20 heavy (non-hydrogen) atoms.